The van der Waals surface area contributed by atoms with E-state index in [1.807, 2.05) is 13.0 Å². The molecule has 0 bridgehead atoms. The fraction of sp³-hybridized carbons (Fsp3) is 0.417. The molecule has 1 N–H and O–H groups in total. The highest BCUT2D eigenvalue weighted by Crippen LogP contribution is 2.31. The summed E-state index contributed by atoms with van der Waals surface area (Å²) < 4.78 is 1.60. The highest BCUT2D eigenvalue weighted by molar-refractivity contribution is 6.38. The number of hydrogen-bond acceptors (Lipinski definition) is 4. The maximum atomic E-state index is 6.32. The van der Waals surface area contributed by atoms with E-state index in [0.29, 0.717) is 34.1 Å². The van der Waals surface area contributed by atoms with E-state index in [2.05, 4.69) is 20.8 Å². The van der Waals surface area contributed by atoms with Crippen molar-refractivity contribution in [2.45, 2.75) is 32.4 Å². The van der Waals surface area contributed by atoms with Crippen molar-refractivity contribution >= 4 is 23.2 Å². The van der Waals surface area contributed by atoms with Crippen LogP contribution in [0, 0.1) is 6.92 Å². The Morgan fingerprint density at radius 1 is 1.37 bits per heavy atom. The third-order valence-electron chi connectivity index (χ3n) is 3.13. The van der Waals surface area contributed by atoms with Crippen molar-refractivity contribution in [2.24, 2.45) is 0 Å². The molecule has 1 aromatic carbocycles. The standard InChI is InChI=1S/C12H13Cl2N5/c1-7-2-5-9(13)12(11(7)14)19-10(16-17-18-19)6-15-8-3-4-8/h2,5,8,15H,3-4,6H2,1H3. The van der Waals surface area contributed by atoms with Crippen LogP contribution in [0.2, 0.25) is 10.0 Å². The number of tetrazole rings is 1. The first-order valence-corrected chi connectivity index (χ1v) is 6.88. The monoisotopic (exact) mass is 297 g/mol. The van der Waals surface area contributed by atoms with Crippen LogP contribution in [-0.2, 0) is 6.54 Å². The van der Waals surface area contributed by atoms with Crippen molar-refractivity contribution < 1.29 is 0 Å². The zero-order valence-corrected chi connectivity index (χ0v) is 11.9. The molecule has 1 aliphatic rings. The molecule has 100 valence electrons. The van der Waals surface area contributed by atoms with Gasteiger partial charge in [0.1, 0.15) is 5.69 Å². The van der Waals surface area contributed by atoms with E-state index in [1.165, 1.54) is 12.8 Å². The van der Waals surface area contributed by atoms with E-state index in [1.54, 1.807) is 10.7 Å². The van der Waals surface area contributed by atoms with Gasteiger partial charge in [0, 0.05) is 6.04 Å². The lowest BCUT2D eigenvalue weighted by Crippen LogP contribution is -2.19. The molecule has 0 aliphatic heterocycles. The Labute approximate surface area is 120 Å². The molecule has 0 amide bonds. The average molecular weight is 298 g/mol. The molecule has 1 aromatic heterocycles. The molecule has 0 saturated heterocycles. The van der Waals surface area contributed by atoms with E-state index >= 15 is 0 Å². The van der Waals surface area contributed by atoms with Gasteiger partial charge in [0.15, 0.2) is 5.82 Å². The van der Waals surface area contributed by atoms with Gasteiger partial charge in [0.25, 0.3) is 0 Å². The Balaban J connectivity index is 1.97. The van der Waals surface area contributed by atoms with Crippen LogP contribution in [-0.4, -0.2) is 26.2 Å². The maximum absolute atomic E-state index is 6.32. The van der Waals surface area contributed by atoms with Crippen LogP contribution in [0.15, 0.2) is 12.1 Å². The minimum Gasteiger partial charge on any atom is -0.307 e. The molecule has 1 heterocycles. The normalized spacial score (nSPS) is 14.9. The van der Waals surface area contributed by atoms with E-state index in [4.69, 9.17) is 23.2 Å². The van der Waals surface area contributed by atoms with Crippen LogP contribution in [0.5, 0.6) is 0 Å². The Morgan fingerprint density at radius 3 is 2.89 bits per heavy atom. The minimum atomic E-state index is 0.538. The Bertz CT molecular complexity index is 606. The van der Waals surface area contributed by atoms with Crippen molar-refractivity contribution in [1.29, 1.82) is 0 Å². The lowest BCUT2D eigenvalue weighted by atomic mass is 10.2. The molecular weight excluding hydrogens is 285 g/mol. The van der Waals surface area contributed by atoms with Crippen LogP contribution in [0.4, 0.5) is 0 Å². The minimum absolute atomic E-state index is 0.538. The second kappa shape index (κ2) is 5.07. The quantitative estimate of drug-likeness (QED) is 0.942. The molecule has 1 aliphatic carbocycles. The Morgan fingerprint density at radius 2 is 2.16 bits per heavy atom. The first-order valence-electron chi connectivity index (χ1n) is 6.12. The molecule has 0 atom stereocenters. The number of benzene rings is 1. The van der Waals surface area contributed by atoms with Crippen molar-refractivity contribution in [1.82, 2.24) is 25.5 Å². The summed E-state index contributed by atoms with van der Waals surface area (Å²) >= 11 is 12.5. The largest absolute Gasteiger partial charge is 0.307 e. The average Bonchev–Trinajstić information content (AvgIpc) is 3.12. The predicted molar refractivity (Wildman–Crippen MR) is 73.8 cm³/mol. The molecule has 5 nitrogen and oxygen atoms in total. The lowest BCUT2D eigenvalue weighted by molar-refractivity contribution is 0.637. The molecule has 19 heavy (non-hydrogen) atoms. The van der Waals surface area contributed by atoms with Gasteiger partial charge in [-0.05, 0) is 41.8 Å². The fourth-order valence-electron chi connectivity index (χ4n) is 1.85. The van der Waals surface area contributed by atoms with Gasteiger partial charge in [-0.3, -0.25) is 0 Å². The first kappa shape index (κ1) is 12.8. The van der Waals surface area contributed by atoms with Crippen LogP contribution in [0.25, 0.3) is 5.69 Å². The SMILES string of the molecule is Cc1ccc(Cl)c(-n2nnnc2CNC2CC2)c1Cl. The smallest absolute Gasteiger partial charge is 0.170 e. The first-order chi connectivity index (χ1) is 9.16. The van der Waals surface area contributed by atoms with Gasteiger partial charge >= 0.3 is 0 Å². The Hall–Kier alpha value is -1.17. The summed E-state index contributed by atoms with van der Waals surface area (Å²) in [4.78, 5) is 0. The van der Waals surface area contributed by atoms with Crippen LogP contribution < -0.4 is 5.32 Å². The number of hydrogen-bond donors (Lipinski definition) is 1. The van der Waals surface area contributed by atoms with Crippen molar-refractivity contribution in [3.05, 3.63) is 33.6 Å². The van der Waals surface area contributed by atoms with E-state index in [0.717, 1.165) is 5.56 Å². The third-order valence-corrected chi connectivity index (χ3v) is 3.91. The zero-order valence-electron chi connectivity index (χ0n) is 10.4. The van der Waals surface area contributed by atoms with Crippen molar-refractivity contribution in [3.63, 3.8) is 0 Å². The summed E-state index contributed by atoms with van der Waals surface area (Å²) in [5, 5.41) is 16.2. The van der Waals surface area contributed by atoms with Crippen LogP contribution in [0.3, 0.4) is 0 Å². The second-order valence-electron chi connectivity index (χ2n) is 4.69. The molecule has 3 rings (SSSR count). The van der Waals surface area contributed by atoms with Gasteiger partial charge in [0.2, 0.25) is 0 Å². The van der Waals surface area contributed by atoms with E-state index in [-0.39, 0.29) is 0 Å². The van der Waals surface area contributed by atoms with Gasteiger partial charge in [-0.1, -0.05) is 29.3 Å². The van der Waals surface area contributed by atoms with Crippen molar-refractivity contribution in [2.75, 3.05) is 0 Å². The van der Waals surface area contributed by atoms with E-state index < -0.39 is 0 Å². The molecule has 1 saturated carbocycles. The third kappa shape index (κ3) is 2.59. The molecular formula is C12H13Cl2N5. The Kier molecular flexibility index (Phi) is 3.43. The molecule has 0 unspecified atom stereocenters. The summed E-state index contributed by atoms with van der Waals surface area (Å²) in [6.07, 6.45) is 2.43. The summed E-state index contributed by atoms with van der Waals surface area (Å²) in [5.74, 6) is 0.710. The highest BCUT2D eigenvalue weighted by Gasteiger charge is 2.22. The van der Waals surface area contributed by atoms with Crippen molar-refractivity contribution in [3.8, 4) is 5.69 Å². The van der Waals surface area contributed by atoms with Crippen LogP contribution in [0.1, 0.15) is 24.2 Å². The molecule has 2 aromatic rings. The molecule has 0 spiro atoms. The number of halogens is 2. The van der Waals surface area contributed by atoms with Gasteiger partial charge < -0.3 is 5.32 Å². The zero-order chi connectivity index (χ0) is 13.4. The maximum Gasteiger partial charge on any atom is 0.170 e. The number of aryl methyl sites for hydroxylation is 1. The van der Waals surface area contributed by atoms with Gasteiger partial charge in [-0.15, -0.1) is 5.10 Å². The number of rotatable bonds is 4. The fourth-order valence-corrected chi connectivity index (χ4v) is 2.38. The number of nitrogens with zero attached hydrogens (tertiary/aromatic N) is 4. The number of nitrogens with one attached hydrogen (secondary N) is 1. The molecule has 7 heteroatoms. The summed E-state index contributed by atoms with van der Waals surface area (Å²) in [7, 11) is 0. The van der Waals surface area contributed by atoms with Gasteiger partial charge in [-0.2, -0.15) is 4.68 Å². The van der Waals surface area contributed by atoms with E-state index in [9.17, 15) is 0 Å². The summed E-state index contributed by atoms with van der Waals surface area (Å²) in [6, 6.07) is 4.27. The highest BCUT2D eigenvalue weighted by atomic mass is 35.5. The predicted octanol–water partition coefficient (Wildman–Crippen LogP) is 2.53. The topological polar surface area (TPSA) is 55.6 Å². The summed E-state index contributed by atoms with van der Waals surface area (Å²) in [5.41, 5.74) is 1.58. The number of aromatic nitrogens is 4. The van der Waals surface area contributed by atoms with Crippen LogP contribution >= 0.6 is 23.2 Å². The van der Waals surface area contributed by atoms with Gasteiger partial charge in [-0.25, -0.2) is 0 Å². The van der Waals surface area contributed by atoms with Gasteiger partial charge in [0.05, 0.1) is 16.6 Å². The molecule has 1 fully saturated rings. The summed E-state index contributed by atoms with van der Waals surface area (Å²) in [6.45, 7) is 2.53. The second-order valence-corrected chi connectivity index (χ2v) is 5.47. The lowest BCUT2D eigenvalue weighted by Gasteiger charge is -2.10. The molecule has 0 radical (unpaired) electrons.